The summed E-state index contributed by atoms with van der Waals surface area (Å²) in [5.74, 6) is 0.114. The molecule has 148 valence electrons. The Morgan fingerprint density at radius 2 is 2.00 bits per heavy atom. The highest BCUT2D eigenvalue weighted by Crippen LogP contribution is 2.16. The fourth-order valence-corrected chi connectivity index (χ4v) is 3.37. The van der Waals surface area contributed by atoms with E-state index in [1.54, 1.807) is 31.4 Å². The van der Waals surface area contributed by atoms with Gasteiger partial charge in [-0.3, -0.25) is 14.5 Å². The van der Waals surface area contributed by atoms with Crippen LogP contribution in [0, 0.1) is 0 Å². The number of likely N-dealkylation sites (tertiary alicyclic amines) is 1. The van der Waals surface area contributed by atoms with Gasteiger partial charge in [0.25, 0.3) is 5.91 Å². The molecule has 2 aromatic rings. The lowest BCUT2D eigenvalue weighted by Crippen LogP contribution is -2.43. The van der Waals surface area contributed by atoms with Crippen molar-refractivity contribution in [2.24, 2.45) is 0 Å². The molecule has 0 spiro atoms. The molecule has 1 atom stereocenters. The summed E-state index contributed by atoms with van der Waals surface area (Å²) >= 11 is 5.92. The first-order chi connectivity index (χ1) is 13.5. The van der Waals surface area contributed by atoms with E-state index in [0.29, 0.717) is 11.3 Å². The molecule has 2 N–H and O–H groups in total. The Labute approximate surface area is 169 Å². The topological polar surface area (TPSA) is 70.7 Å². The predicted octanol–water partition coefficient (Wildman–Crippen LogP) is 2.47. The van der Waals surface area contributed by atoms with Crippen LogP contribution in [0.1, 0.15) is 22.3 Å². The van der Waals surface area contributed by atoms with Crippen molar-refractivity contribution in [3.63, 3.8) is 0 Å². The van der Waals surface area contributed by atoms with Gasteiger partial charge in [-0.1, -0.05) is 29.8 Å². The van der Waals surface area contributed by atoms with Crippen LogP contribution in [0.25, 0.3) is 0 Å². The smallest absolute Gasteiger partial charge is 0.251 e. The van der Waals surface area contributed by atoms with E-state index in [4.69, 9.17) is 16.3 Å². The molecular weight excluding hydrogens is 378 g/mol. The van der Waals surface area contributed by atoms with Crippen molar-refractivity contribution in [2.75, 3.05) is 26.7 Å². The number of rotatable bonds is 7. The number of ether oxygens (including phenoxy) is 1. The van der Waals surface area contributed by atoms with Crippen molar-refractivity contribution in [3.8, 4) is 5.75 Å². The van der Waals surface area contributed by atoms with Gasteiger partial charge in [-0.2, -0.15) is 0 Å². The number of methoxy groups -OCH3 is 1. The molecular formula is C21H24ClN3O3. The van der Waals surface area contributed by atoms with Crippen molar-refractivity contribution in [1.82, 2.24) is 15.5 Å². The van der Waals surface area contributed by atoms with Crippen LogP contribution in [-0.2, 0) is 11.3 Å². The first kappa shape index (κ1) is 20.2. The fourth-order valence-electron chi connectivity index (χ4n) is 3.25. The summed E-state index contributed by atoms with van der Waals surface area (Å²) in [5.41, 5.74) is 1.66. The Hall–Kier alpha value is -2.57. The van der Waals surface area contributed by atoms with Crippen LogP contribution < -0.4 is 15.4 Å². The second-order valence-corrected chi connectivity index (χ2v) is 7.27. The Bertz CT molecular complexity index is 826. The standard InChI is InChI=1S/C21H24ClN3O3/c1-28-19-4-2-3-16(11-19)21(27)23-12-20(26)24-18-9-10-25(14-18)13-15-5-7-17(22)8-6-15/h2-8,11,18H,9-10,12-14H2,1H3,(H,23,27)(H,24,26)/t18-/m1/s1. The van der Waals surface area contributed by atoms with Gasteiger partial charge in [0.05, 0.1) is 13.7 Å². The molecule has 1 aliphatic heterocycles. The Morgan fingerprint density at radius 1 is 1.21 bits per heavy atom. The van der Waals surface area contributed by atoms with Gasteiger partial charge < -0.3 is 15.4 Å². The Morgan fingerprint density at radius 3 is 2.75 bits per heavy atom. The molecule has 0 aliphatic carbocycles. The summed E-state index contributed by atoms with van der Waals surface area (Å²) in [7, 11) is 1.54. The molecule has 7 heteroatoms. The summed E-state index contributed by atoms with van der Waals surface area (Å²) < 4.78 is 5.11. The highest BCUT2D eigenvalue weighted by atomic mass is 35.5. The number of hydrogen-bond donors (Lipinski definition) is 2. The largest absolute Gasteiger partial charge is 0.497 e. The van der Waals surface area contributed by atoms with E-state index < -0.39 is 0 Å². The highest BCUT2D eigenvalue weighted by molar-refractivity contribution is 6.30. The van der Waals surface area contributed by atoms with Crippen molar-refractivity contribution < 1.29 is 14.3 Å². The lowest BCUT2D eigenvalue weighted by molar-refractivity contribution is -0.120. The second-order valence-electron chi connectivity index (χ2n) is 6.83. The first-order valence-corrected chi connectivity index (χ1v) is 9.59. The summed E-state index contributed by atoms with van der Waals surface area (Å²) in [6.45, 7) is 2.49. The first-order valence-electron chi connectivity index (χ1n) is 9.22. The average Bonchev–Trinajstić information content (AvgIpc) is 3.14. The van der Waals surface area contributed by atoms with Gasteiger partial charge in [0.1, 0.15) is 5.75 Å². The fraction of sp³-hybridized carbons (Fsp3) is 0.333. The van der Waals surface area contributed by atoms with E-state index in [-0.39, 0.29) is 24.4 Å². The molecule has 28 heavy (non-hydrogen) atoms. The number of amides is 2. The molecule has 0 saturated carbocycles. The molecule has 1 saturated heterocycles. The number of nitrogens with zero attached hydrogens (tertiary/aromatic N) is 1. The molecule has 2 aromatic carbocycles. The summed E-state index contributed by atoms with van der Waals surface area (Å²) in [4.78, 5) is 26.6. The quantitative estimate of drug-likeness (QED) is 0.747. The van der Waals surface area contributed by atoms with Crippen LogP contribution in [0.3, 0.4) is 0 Å². The van der Waals surface area contributed by atoms with Crippen molar-refractivity contribution in [3.05, 3.63) is 64.7 Å². The van der Waals surface area contributed by atoms with E-state index in [0.717, 1.165) is 31.1 Å². The Kier molecular flexibility index (Phi) is 6.90. The van der Waals surface area contributed by atoms with E-state index in [9.17, 15) is 9.59 Å². The van der Waals surface area contributed by atoms with E-state index in [1.165, 1.54) is 5.56 Å². The SMILES string of the molecule is COc1cccc(C(=O)NCC(=O)N[C@@H]2CCN(Cc3ccc(Cl)cc3)C2)c1. The number of carbonyl (C=O) groups excluding carboxylic acids is 2. The number of nitrogens with one attached hydrogen (secondary N) is 2. The highest BCUT2D eigenvalue weighted by Gasteiger charge is 2.24. The molecule has 0 radical (unpaired) electrons. The van der Waals surface area contributed by atoms with Crippen LogP contribution in [0.15, 0.2) is 48.5 Å². The van der Waals surface area contributed by atoms with Crippen LogP contribution in [0.4, 0.5) is 0 Å². The average molecular weight is 402 g/mol. The minimum Gasteiger partial charge on any atom is -0.497 e. The molecule has 1 heterocycles. The molecule has 6 nitrogen and oxygen atoms in total. The number of carbonyl (C=O) groups is 2. The third-order valence-electron chi connectivity index (χ3n) is 4.70. The van der Waals surface area contributed by atoms with Crippen LogP contribution in [0.2, 0.25) is 5.02 Å². The number of benzene rings is 2. The third kappa shape index (κ3) is 5.71. The molecule has 0 aromatic heterocycles. The molecule has 0 unspecified atom stereocenters. The van der Waals surface area contributed by atoms with E-state index in [2.05, 4.69) is 15.5 Å². The van der Waals surface area contributed by atoms with Gasteiger partial charge in [-0.15, -0.1) is 0 Å². The van der Waals surface area contributed by atoms with Crippen molar-refractivity contribution >= 4 is 23.4 Å². The number of halogens is 1. The maximum atomic E-state index is 12.2. The number of hydrogen-bond acceptors (Lipinski definition) is 4. The lowest BCUT2D eigenvalue weighted by Gasteiger charge is -2.17. The van der Waals surface area contributed by atoms with Crippen molar-refractivity contribution in [1.29, 1.82) is 0 Å². The van der Waals surface area contributed by atoms with Gasteiger partial charge in [0.2, 0.25) is 5.91 Å². The summed E-state index contributed by atoms with van der Waals surface area (Å²) in [5, 5.41) is 6.37. The van der Waals surface area contributed by atoms with E-state index >= 15 is 0 Å². The zero-order valence-corrected chi connectivity index (χ0v) is 16.5. The van der Waals surface area contributed by atoms with Crippen LogP contribution in [0.5, 0.6) is 5.75 Å². The lowest BCUT2D eigenvalue weighted by atomic mass is 10.2. The zero-order valence-electron chi connectivity index (χ0n) is 15.8. The van der Waals surface area contributed by atoms with Crippen LogP contribution >= 0.6 is 11.6 Å². The van der Waals surface area contributed by atoms with Gasteiger partial charge >= 0.3 is 0 Å². The summed E-state index contributed by atoms with van der Waals surface area (Å²) in [6.07, 6.45) is 0.892. The molecule has 0 bridgehead atoms. The molecule has 3 rings (SSSR count). The van der Waals surface area contributed by atoms with Gasteiger partial charge in [0, 0.05) is 36.3 Å². The zero-order chi connectivity index (χ0) is 19.9. The monoisotopic (exact) mass is 401 g/mol. The minimum atomic E-state index is -0.301. The molecule has 1 fully saturated rings. The van der Waals surface area contributed by atoms with Gasteiger partial charge in [-0.05, 0) is 42.3 Å². The maximum absolute atomic E-state index is 12.2. The normalized spacial score (nSPS) is 16.6. The Balaban J connectivity index is 1.41. The molecule has 2 amide bonds. The predicted molar refractivity (Wildman–Crippen MR) is 109 cm³/mol. The maximum Gasteiger partial charge on any atom is 0.251 e. The van der Waals surface area contributed by atoms with Gasteiger partial charge in [-0.25, -0.2) is 0 Å². The van der Waals surface area contributed by atoms with E-state index in [1.807, 2.05) is 24.3 Å². The van der Waals surface area contributed by atoms with Gasteiger partial charge in [0.15, 0.2) is 0 Å². The molecule has 1 aliphatic rings. The van der Waals surface area contributed by atoms with Crippen LogP contribution in [-0.4, -0.2) is 49.5 Å². The minimum absolute atomic E-state index is 0.0519. The summed E-state index contributed by atoms with van der Waals surface area (Å²) in [6, 6.07) is 14.7. The van der Waals surface area contributed by atoms with Crippen molar-refractivity contribution in [2.45, 2.75) is 19.0 Å². The third-order valence-corrected chi connectivity index (χ3v) is 4.95. The second kappa shape index (κ2) is 9.57.